The van der Waals surface area contributed by atoms with Gasteiger partial charge in [0.2, 0.25) is 17.7 Å². The number of hydrogen-bond acceptors (Lipinski definition) is 7. The molecule has 3 amide bonds. The van der Waals surface area contributed by atoms with Crippen LogP contribution in [0.4, 0.5) is 0 Å². The van der Waals surface area contributed by atoms with E-state index >= 15 is 0 Å². The molecule has 0 bridgehead atoms. The summed E-state index contributed by atoms with van der Waals surface area (Å²) in [7, 11) is 0. The van der Waals surface area contributed by atoms with Crippen LogP contribution < -0.4 is 21.7 Å². The van der Waals surface area contributed by atoms with Gasteiger partial charge in [0.05, 0.1) is 18.9 Å². The lowest BCUT2D eigenvalue weighted by Gasteiger charge is -2.23. The summed E-state index contributed by atoms with van der Waals surface area (Å²) in [5.74, 6) is -7.27. The van der Waals surface area contributed by atoms with Crippen molar-refractivity contribution >= 4 is 35.6 Å². The predicted octanol–water partition coefficient (Wildman–Crippen LogP) is -2.13. The Kier molecular flexibility index (Phi) is 11.0. The lowest BCUT2D eigenvalue weighted by molar-refractivity contribution is -0.144. The Morgan fingerprint density at radius 3 is 1.50 bits per heavy atom. The normalized spacial score (nSPS) is 14.7. The van der Waals surface area contributed by atoms with Crippen LogP contribution in [0.2, 0.25) is 0 Å². The van der Waals surface area contributed by atoms with Crippen molar-refractivity contribution in [2.45, 2.75) is 64.2 Å². The van der Waals surface area contributed by atoms with Gasteiger partial charge in [0.25, 0.3) is 0 Å². The van der Waals surface area contributed by atoms with Gasteiger partial charge in [0.15, 0.2) is 0 Å². The van der Waals surface area contributed by atoms with Gasteiger partial charge in [-0.2, -0.15) is 0 Å². The molecule has 0 aromatic rings. The molecule has 13 nitrogen and oxygen atoms in total. The third kappa shape index (κ3) is 10.4. The van der Waals surface area contributed by atoms with E-state index in [-0.39, 0.29) is 12.3 Å². The largest absolute Gasteiger partial charge is 0.481 e. The molecule has 0 aromatic heterocycles. The van der Waals surface area contributed by atoms with E-state index in [2.05, 4.69) is 5.32 Å². The van der Waals surface area contributed by atoms with Crippen LogP contribution in [0.15, 0.2) is 0 Å². The van der Waals surface area contributed by atoms with Crippen molar-refractivity contribution in [1.29, 1.82) is 0 Å². The highest BCUT2D eigenvalue weighted by Gasteiger charge is 2.31. The van der Waals surface area contributed by atoms with Gasteiger partial charge in [-0.15, -0.1) is 0 Å². The first-order valence-corrected chi connectivity index (χ1v) is 9.07. The standard InChI is InChI=1S/C17H28N4O9/c1-7(2)4-9(18)14(26)20-11(6-13(24)25)16(28)21-10(5-12(22)23)15(27)19-8(3)17(29)30/h7-11H,4-6,18H2,1-3H3,(H,19,27)(H,20,26)(H,21,28)(H,22,23)(H,24,25)(H,29,30). The Hall–Kier alpha value is -3.22. The average Bonchev–Trinajstić information content (AvgIpc) is 2.58. The molecule has 0 aromatic carbocycles. The Morgan fingerprint density at radius 1 is 0.733 bits per heavy atom. The van der Waals surface area contributed by atoms with Gasteiger partial charge < -0.3 is 37.0 Å². The lowest BCUT2D eigenvalue weighted by Crippen LogP contribution is -2.57. The summed E-state index contributed by atoms with van der Waals surface area (Å²) < 4.78 is 0. The minimum Gasteiger partial charge on any atom is -0.481 e. The second kappa shape index (κ2) is 12.4. The monoisotopic (exact) mass is 432 g/mol. The second-order valence-corrected chi connectivity index (χ2v) is 7.12. The van der Waals surface area contributed by atoms with E-state index in [4.69, 9.17) is 21.1 Å². The summed E-state index contributed by atoms with van der Waals surface area (Å²) in [5, 5.41) is 33.0. The van der Waals surface area contributed by atoms with Crippen molar-refractivity contribution in [2.75, 3.05) is 0 Å². The molecule has 0 aliphatic heterocycles. The summed E-state index contributed by atoms with van der Waals surface area (Å²) in [6, 6.07) is -5.71. The number of carbonyl (C=O) groups excluding carboxylic acids is 3. The topological polar surface area (TPSA) is 225 Å². The molecule has 8 N–H and O–H groups in total. The molecule has 0 saturated carbocycles. The molecule has 13 heteroatoms. The van der Waals surface area contributed by atoms with E-state index in [0.717, 1.165) is 6.92 Å². The smallest absolute Gasteiger partial charge is 0.325 e. The molecular formula is C17H28N4O9. The first-order chi connectivity index (χ1) is 13.7. The number of hydrogen-bond donors (Lipinski definition) is 7. The molecule has 4 atom stereocenters. The zero-order chi connectivity index (χ0) is 23.6. The Labute approximate surface area is 172 Å². The zero-order valence-electron chi connectivity index (χ0n) is 16.9. The van der Waals surface area contributed by atoms with Crippen LogP contribution in [0, 0.1) is 5.92 Å². The Morgan fingerprint density at radius 2 is 1.13 bits per heavy atom. The van der Waals surface area contributed by atoms with Crippen LogP contribution >= 0.6 is 0 Å². The molecular weight excluding hydrogens is 404 g/mol. The van der Waals surface area contributed by atoms with Gasteiger partial charge in [-0.3, -0.25) is 28.8 Å². The predicted molar refractivity (Wildman–Crippen MR) is 101 cm³/mol. The number of amides is 3. The third-order valence-corrected chi connectivity index (χ3v) is 3.81. The van der Waals surface area contributed by atoms with Crippen LogP contribution in [0.3, 0.4) is 0 Å². The fourth-order valence-electron chi connectivity index (χ4n) is 2.31. The molecule has 170 valence electrons. The highest BCUT2D eigenvalue weighted by atomic mass is 16.4. The quantitative estimate of drug-likeness (QED) is 0.167. The van der Waals surface area contributed by atoms with E-state index < -0.39 is 72.6 Å². The van der Waals surface area contributed by atoms with Crippen LogP contribution in [-0.4, -0.2) is 75.1 Å². The number of nitrogens with two attached hydrogens (primary N) is 1. The first kappa shape index (κ1) is 26.8. The molecule has 30 heavy (non-hydrogen) atoms. The number of rotatable bonds is 13. The van der Waals surface area contributed by atoms with Crippen LogP contribution in [0.5, 0.6) is 0 Å². The Bertz CT molecular complexity index is 680. The average molecular weight is 432 g/mol. The highest BCUT2D eigenvalue weighted by Crippen LogP contribution is 2.04. The van der Waals surface area contributed by atoms with Crippen molar-refractivity contribution < 1.29 is 44.1 Å². The summed E-state index contributed by atoms with van der Waals surface area (Å²) in [5.41, 5.74) is 5.71. The van der Waals surface area contributed by atoms with Crippen LogP contribution in [-0.2, 0) is 28.8 Å². The lowest BCUT2D eigenvalue weighted by atomic mass is 10.0. The van der Waals surface area contributed by atoms with Crippen LogP contribution in [0.1, 0.15) is 40.0 Å². The number of aliphatic carboxylic acids is 3. The van der Waals surface area contributed by atoms with Gasteiger partial charge in [-0.1, -0.05) is 13.8 Å². The number of carbonyl (C=O) groups is 6. The maximum Gasteiger partial charge on any atom is 0.325 e. The minimum absolute atomic E-state index is 0.0531. The van der Waals surface area contributed by atoms with Gasteiger partial charge in [0.1, 0.15) is 18.1 Å². The maximum absolute atomic E-state index is 12.5. The maximum atomic E-state index is 12.5. The van der Waals surface area contributed by atoms with Gasteiger partial charge in [-0.25, -0.2) is 0 Å². The number of carboxylic acids is 3. The molecule has 0 aliphatic carbocycles. The van der Waals surface area contributed by atoms with E-state index in [1.165, 1.54) is 0 Å². The summed E-state index contributed by atoms with van der Waals surface area (Å²) >= 11 is 0. The molecule has 0 rings (SSSR count). The molecule has 4 unspecified atom stereocenters. The Balaban J connectivity index is 5.39. The molecule has 0 fully saturated rings. The minimum atomic E-state index is -1.70. The third-order valence-electron chi connectivity index (χ3n) is 3.81. The van der Waals surface area contributed by atoms with Crippen molar-refractivity contribution in [3.05, 3.63) is 0 Å². The summed E-state index contributed by atoms with van der Waals surface area (Å²) in [6.45, 7) is 4.74. The summed E-state index contributed by atoms with van der Waals surface area (Å²) in [4.78, 5) is 69.7. The first-order valence-electron chi connectivity index (χ1n) is 9.07. The number of nitrogens with one attached hydrogen (secondary N) is 3. The second-order valence-electron chi connectivity index (χ2n) is 7.12. The van der Waals surface area contributed by atoms with Gasteiger partial charge in [-0.05, 0) is 19.3 Å². The van der Waals surface area contributed by atoms with E-state index in [0.29, 0.717) is 0 Å². The number of carboxylic acid groups (broad SMARTS) is 3. The fourth-order valence-corrected chi connectivity index (χ4v) is 2.31. The van der Waals surface area contributed by atoms with Crippen LogP contribution in [0.25, 0.3) is 0 Å². The molecule has 0 radical (unpaired) electrons. The van der Waals surface area contributed by atoms with Gasteiger partial charge in [0, 0.05) is 0 Å². The van der Waals surface area contributed by atoms with Crippen molar-refractivity contribution in [2.24, 2.45) is 11.7 Å². The molecule has 0 spiro atoms. The van der Waals surface area contributed by atoms with Crippen molar-refractivity contribution in [1.82, 2.24) is 16.0 Å². The fraction of sp³-hybridized carbons (Fsp3) is 0.647. The van der Waals surface area contributed by atoms with E-state index in [9.17, 15) is 28.8 Å². The molecule has 0 saturated heterocycles. The SMILES string of the molecule is CC(C)CC(N)C(=O)NC(CC(=O)O)C(=O)NC(CC(=O)O)C(=O)NC(C)C(=O)O. The van der Waals surface area contributed by atoms with Crippen molar-refractivity contribution in [3.8, 4) is 0 Å². The van der Waals surface area contributed by atoms with Crippen molar-refractivity contribution in [3.63, 3.8) is 0 Å². The molecule has 0 aliphatic rings. The summed E-state index contributed by atoms with van der Waals surface area (Å²) in [6.07, 6.45) is -1.48. The van der Waals surface area contributed by atoms with Gasteiger partial charge >= 0.3 is 17.9 Å². The van der Waals surface area contributed by atoms with E-state index in [1.807, 2.05) is 24.5 Å². The van der Waals surface area contributed by atoms with E-state index in [1.54, 1.807) is 0 Å². The molecule has 0 heterocycles. The zero-order valence-corrected chi connectivity index (χ0v) is 16.9. The highest BCUT2D eigenvalue weighted by molar-refractivity contribution is 5.96.